The largest absolute Gasteiger partial charge is 0.350 e. The van der Waals surface area contributed by atoms with Crippen molar-refractivity contribution in [1.82, 2.24) is 5.32 Å². The summed E-state index contributed by atoms with van der Waals surface area (Å²) in [4.78, 5) is 50.3. The summed E-state index contributed by atoms with van der Waals surface area (Å²) in [6.45, 7) is 5.90. The highest BCUT2D eigenvalue weighted by Crippen LogP contribution is 2.32. The first kappa shape index (κ1) is 21.2. The van der Waals surface area contributed by atoms with Crippen molar-refractivity contribution in [3.05, 3.63) is 59.2 Å². The Hall–Kier alpha value is -3.48. The molecule has 0 spiro atoms. The van der Waals surface area contributed by atoms with Crippen LogP contribution in [0.3, 0.4) is 0 Å². The Morgan fingerprint density at radius 2 is 1.73 bits per heavy atom. The summed E-state index contributed by atoms with van der Waals surface area (Å²) in [7, 11) is 0. The van der Waals surface area contributed by atoms with Gasteiger partial charge in [0.25, 0.3) is 17.6 Å². The molecule has 0 saturated carbocycles. The molecule has 1 aliphatic heterocycles. The Morgan fingerprint density at radius 3 is 2.37 bits per heavy atom. The number of Topliss-reactive ketones (excluding diaryl/α,β-unsaturated/α-hetero) is 1. The Kier molecular flexibility index (Phi) is 6.30. The first-order chi connectivity index (χ1) is 14.3. The molecule has 0 bridgehead atoms. The number of rotatable bonds is 7. The van der Waals surface area contributed by atoms with Crippen LogP contribution >= 0.6 is 0 Å². The molecular weight excluding hydrogens is 382 g/mol. The van der Waals surface area contributed by atoms with E-state index in [-0.39, 0.29) is 30.0 Å². The first-order valence-corrected chi connectivity index (χ1v) is 10.00. The summed E-state index contributed by atoms with van der Waals surface area (Å²) in [5.74, 6) is -1.49. The summed E-state index contributed by atoms with van der Waals surface area (Å²) in [6, 6.07) is 11.9. The van der Waals surface area contributed by atoms with Gasteiger partial charge in [0, 0.05) is 23.7 Å². The van der Waals surface area contributed by atoms with Crippen LogP contribution in [0.5, 0.6) is 0 Å². The van der Waals surface area contributed by atoms with E-state index in [2.05, 4.69) is 10.6 Å². The second-order valence-corrected chi connectivity index (χ2v) is 7.58. The molecule has 7 heteroatoms. The molecule has 1 aliphatic rings. The third-order valence-corrected chi connectivity index (χ3v) is 4.71. The second kappa shape index (κ2) is 8.90. The van der Waals surface area contributed by atoms with Crippen molar-refractivity contribution in [2.45, 2.75) is 46.2 Å². The normalized spacial score (nSPS) is 12.9. The molecular formula is C23H25N3O4. The van der Waals surface area contributed by atoms with Crippen molar-refractivity contribution in [2.24, 2.45) is 0 Å². The summed E-state index contributed by atoms with van der Waals surface area (Å²) in [5.41, 5.74) is 2.62. The van der Waals surface area contributed by atoms with E-state index < -0.39 is 11.7 Å². The van der Waals surface area contributed by atoms with Gasteiger partial charge in [0.2, 0.25) is 5.91 Å². The van der Waals surface area contributed by atoms with Gasteiger partial charge in [-0.15, -0.1) is 0 Å². The van der Waals surface area contributed by atoms with Gasteiger partial charge >= 0.3 is 0 Å². The number of hydrogen-bond donors (Lipinski definition) is 2. The zero-order valence-electron chi connectivity index (χ0n) is 17.3. The molecule has 156 valence electrons. The third kappa shape index (κ3) is 4.56. The van der Waals surface area contributed by atoms with Crippen molar-refractivity contribution in [1.29, 1.82) is 0 Å². The van der Waals surface area contributed by atoms with E-state index in [1.165, 1.54) is 4.90 Å². The number of benzene rings is 2. The van der Waals surface area contributed by atoms with E-state index in [0.29, 0.717) is 23.4 Å². The number of hydrogen-bond acceptors (Lipinski definition) is 4. The van der Waals surface area contributed by atoms with E-state index in [1.807, 2.05) is 20.8 Å². The maximum Gasteiger partial charge on any atom is 0.299 e. The lowest BCUT2D eigenvalue weighted by Gasteiger charge is -2.17. The molecule has 2 N–H and O–H groups in total. The van der Waals surface area contributed by atoms with Crippen molar-refractivity contribution in [3.8, 4) is 0 Å². The van der Waals surface area contributed by atoms with Gasteiger partial charge in [0.1, 0.15) is 0 Å². The zero-order valence-corrected chi connectivity index (χ0v) is 17.3. The van der Waals surface area contributed by atoms with E-state index >= 15 is 0 Å². The third-order valence-electron chi connectivity index (χ3n) is 4.71. The Labute approximate surface area is 175 Å². The van der Waals surface area contributed by atoms with E-state index in [0.717, 1.165) is 12.0 Å². The number of fused-ring (bicyclic) bond motifs is 1. The fraction of sp³-hybridized carbons (Fsp3) is 0.304. The Morgan fingerprint density at radius 1 is 1.03 bits per heavy atom. The van der Waals surface area contributed by atoms with Crippen LogP contribution in [0.2, 0.25) is 0 Å². The summed E-state index contributed by atoms with van der Waals surface area (Å²) in [6.07, 6.45) is 1.11. The highest BCUT2D eigenvalue weighted by molar-refractivity contribution is 6.52. The van der Waals surface area contributed by atoms with Gasteiger partial charge in [-0.1, -0.05) is 19.1 Å². The number of anilines is 2. The quantitative estimate of drug-likeness (QED) is 0.689. The Balaban J connectivity index is 1.77. The summed E-state index contributed by atoms with van der Waals surface area (Å²) >= 11 is 0. The molecule has 30 heavy (non-hydrogen) atoms. The molecule has 0 radical (unpaired) electrons. The molecule has 0 unspecified atom stereocenters. The van der Waals surface area contributed by atoms with E-state index in [4.69, 9.17) is 0 Å². The predicted molar refractivity (Wildman–Crippen MR) is 115 cm³/mol. The van der Waals surface area contributed by atoms with Crippen LogP contribution in [0.1, 0.15) is 59.9 Å². The number of nitrogens with zero attached hydrogens (tertiary/aromatic N) is 1. The average Bonchev–Trinajstić information content (AvgIpc) is 2.93. The molecule has 0 atom stereocenters. The molecule has 3 amide bonds. The van der Waals surface area contributed by atoms with Gasteiger partial charge in [-0.25, -0.2) is 0 Å². The van der Waals surface area contributed by atoms with Crippen LogP contribution < -0.4 is 15.5 Å². The minimum atomic E-state index is -0.608. The van der Waals surface area contributed by atoms with E-state index in [1.54, 1.807) is 42.5 Å². The molecule has 2 aromatic rings. The fourth-order valence-corrected chi connectivity index (χ4v) is 3.28. The number of ketones is 1. The van der Waals surface area contributed by atoms with Crippen LogP contribution in [-0.4, -0.2) is 29.5 Å². The van der Waals surface area contributed by atoms with Crippen LogP contribution in [0.15, 0.2) is 42.5 Å². The van der Waals surface area contributed by atoms with Crippen molar-refractivity contribution in [2.75, 3.05) is 10.2 Å². The summed E-state index contributed by atoms with van der Waals surface area (Å²) < 4.78 is 0. The van der Waals surface area contributed by atoms with Crippen LogP contribution in [0, 0.1) is 0 Å². The molecule has 0 aromatic heterocycles. The topological polar surface area (TPSA) is 95.6 Å². The lowest BCUT2D eigenvalue weighted by molar-refractivity contribution is -0.116. The lowest BCUT2D eigenvalue weighted by Crippen LogP contribution is -2.30. The SMILES string of the molecule is CCCC(=O)Nc1ccc2c(c1)C(=O)C(=O)N2Cc1ccc(C(=O)NC(C)C)cc1. The van der Waals surface area contributed by atoms with Gasteiger partial charge in [0.05, 0.1) is 17.8 Å². The molecule has 3 rings (SSSR count). The molecule has 2 aromatic carbocycles. The molecule has 0 aliphatic carbocycles. The second-order valence-electron chi connectivity index (χ2n) is 7.58. The smallest absolute Gasteiger partial charge is 0.299 e. The first-order valence-electron chi connectivity index (χ1n) is 10.00. The van der Waals surface area contributed by atoms with Crippen LogP contribution in [-0.2, 0) is 16.1 Å². The van der Waals surface area contributed by atoms with Gasteiger partial charge in [0.15, 0.2) is 0 Å². The average molecular weight is 407 g/mol. The number of carbonyl (C=O) groups is 4. The maximum absolute atomic E-state index is 12.5. The maximum atomic E-state index is 12.5. The molecule has 7 nitrogen and oxygen atoms in total. The minimum absolute atomic E-state index is 0.0403. The minimum Gasteiger partial charge on any atom is -0.350 e. The molecule has 0 saturated heterocycles. The standard InChI is InChI=1S/C23H25N3O4/c1-4-5-20(27)25-17-10-11-19-18(12-17)21(28)23(30)26(19)13-15-6-8-16(9-7-15)22(29)24-14(2)3/h6-12,14H,4-5,13H2,1-3H3,(H,24,29)(H,25,27). The number of nitrogens with one attached hydrogen (secondary N) is 2. The van der Waals surface area contributed by atoms with Gasteiger partial charge in [-0.2, -0.15) is 0 Å². The van der Waals surface area contributed by atoms with Crippen molar-refractivity contribution < 1.29 is 19.2 Å². The van der Waals surface area contributed by atoms with Crippen molar-refractivity contribution >= 4 is 34.9 Å². The fourth-order valence-electron chi connectivity index (χ4n) is 3.28. The highest BCUT2D eigenvalue weighted by atomic mass is 16.2. The van der Waals surface area contributed by atoms with Gasteiger partial charge in [-0.05, 0) is 56.2 Å². The zero-order chi connectivity index (χ0) is 21.8. The monoisotopic (exact) mass is 407 g/mol. The van der Waals surface area contributed by atoms with Crippen LogP contribution in [0.25, 0.3) is 0 Å². The number of carbonyl (C=O) groups excluding carboxylic acids is 4. The molecule has 1 heterocycles. The van der Waals surface area contributed by atoms with Gasteiger partial charge < -0.3 is 15.5 Å². The van der Waals surface area contributed by atoms with Gasteiger partial charge in [-0.3, -0.25) is 19.2 Å². The molecule has 0 fully saturated rings. The number of amides is 3. The van der Waals surface area contributed by atoms with E-state index in [9.17, 15) is 19.2 Å². The Bertz CT molecular complexity index is 996. The lowest BCUT2D eigenvalue weighted by atomic mass is 10.1. The highest BCUT2D eigenvalue weighted by Gasteiger charge is 2.36. The predicted octanol–water partition coefficient (Wildman–Crippen LogP) is 3.29. The van der Waals surface area contributed by atoms with Crippen LogP contribution in [0.4, 0.5) is 11.4 Å². The summed E-state index contributed by atoms with van der Waals surface area (Å²) in [5, 5.41) is 5.57. The van der Waals surface area contributed by atoms with Crippen molar-refractivity contribution in [3.63, 3.8) is 0 Å².